The van der Waals surface area contributed by atoms with Gasteiger partial charge in [-0.1, -0.05) is 66.7 Å². The SMILES string of the molecule is O=C(O)C=Cc1cccc(-c2ccc(-c3ccccc3C=CC(=O)O)cc2)c1. The molecule has 3 aromatic rings. The normalized spacial score (nSPS) is 11.1. The molecule has 0 saturated heterocycles. The fourth-order valence-electron chi connectivity index (χ4n) is 2.90. The van der Waals surface area contributed by atoms with Crippen LogP contribution in [0.25, 0.3) is 34.4 Å². The summed E-state index contributed by atoms with van der Waals surface area (Å²) in [6, 6.07) is 23.2. The zero-order valence-corrected chi connectivity index (χ0v) is 14.9. The number of carboxylic acids is 2. The molecular formula is C24H18O4. The van der Waals surface area contributed by atoms with Crippen LogP contribution < -0.4 is 0 Å². The summed E-state index contributed by atoms with van der Waals surface area (Å²) in [6.07, 6.45) is 5.39. The second-order valence-corrected chi connectivity index (χ2v) is 6.13. The Morgan fingerprint density at radius 2 is 1.29 bits per heavy atom. The summed E-state index contributed by atoms with van der Waals surface area (Å²) < 4.78 is 0. The van der Waals surface area contributed by atoms with E-state index in [1.54, 1.807) is 12.2 Å². The van der Waals surface area contributed by atoms with Gasteiger partial charge in [0.25, 0.3) is 0 Å². The van der Waals surface area contributed by atoms with Crippen LogP contribution in [0.5, 0.6) is 0 Å². The van der Waals surface area contributed by atoms with E-state index in [0.717, 1.165) is 45.5 Å². The largest absolute Gasteiger partial charge is 0.478 e. The van der Waals surface area contributed by atoms with Gasteiger partial charge in [0.05, 0.1) is 0 Å². The fraction of sp³-hybridized carbons (Fsp3) is 0. The molecule has 0 atom stereocenters. The molecule has 0 spiro atoms. The number of rotatable bonds is 6. The third kappa shape index (κ3) is 4.83. The Labute approximate surface area is 162 Å². The van der Waals surface area contributed by atoms with Gasteiger partial charge in [-0.25, -0.2) is 9.59 Å². The molecule has 4 heteroatoms. The standard InChI is InChI=1S/C24H18O4/c25-23(26)14-8-17-4-3-6-21(16-17)18-9-11-20(12-10-18)22-7-2-1-5-19(22)13-15-24(27)28/h1-16H,(H,25,26)(H,27,28). The molecule has 0 bridgehead atoms. The summed E-state index contributed by atoms with van der Waals surface area (Å²) in [5.41, 5.74) is 5.57. The van der Waals surface area contributed by atoms with E-state index in [0.29, 0.717) is 0 Å². The zero-order chi connectivity index (χ0) is 19.9. The zero-order valence-electron chi connectivity index (χ0n) is 14.9. The fourth-order valence-corrected chi connectivity index (χ4v) is 2.90. The van der Waals surface area contributed by atoms with Gasteiger partial charge in [0, 0.05) is 12.2 Å². The third-order valence-electron chi connectivity index (χ3n) is 4.20. The van der Waals surface area contributed by atoms with E-state index < -0.39 is 11.9 Å². The Balaban J connectivity index is 1.90. The second kappa shape index (κ2) is 8.64. The predicted octanol–water partition coefficient (Wildman–Crippen LogP) is 5.22. The summed E-state index contributed by atoms with van der Waals surface area (Å²) in [5, 5.41) is 17.6. The first-order chi connectivity index (χ1) is 13.5. The predicted molar refractivity (Wildman–Crippen MR) is 111 cm³/mol. The van der Waals surface area contributed by atoms with Crippen molar-refractivity contribution in [3.63, 3.8) is 0 Å². The van der Waals surface area contributed by atoms with Crippen LogP contribution in [0.1, 0.15) is 11.1 Å². The van der Waals surface area contributed by atoms with Crippen LogP contribution in [0.4, 0.5) is 0 Å². The van der Waals surface area contributed by atoms with E-state index >= 15 is 0 Å². The molecule has 0 radical (unpaired) electrons. The van der Waals surface area contributed by atoms with Gasteiger partial charge in [0.1, 0.15) is 0 Å². The highest BCUT2D eigenvalue weighted by atomic mass is 16.4. The Morgan fingerprint density at radius 1 is 0.643 bits per heavy atom. The maximum Gasteiger partial charge on any atom is 0.328 e. The molecule has 3 aromatic carbocycles. The van der Waals surface area contributed by atoms with Crippen molar-refractivity contribution in [3.8, 4) is 22.3 Å². The highest BCUT2D eigenvalue weighted by molar-refractivity contribution is 5.88. The molecule has 0 saturated carbocycles. The van der Waals surface area contributed by atoms with Crippen LogP contribution in [0, 0.1) is 0 Å². The summed E-state index contributed by atoms with van der Waals surface area (Å²) in [4.78, 5) is 21.5. The Hall–Kier alpha value is -3.92. The molecule has 0 amide bonds. The highest BCUT2D eigenvalue weighted by Crippen LogP contribution is 2.28. The van der Waals surface area contributed by atoms with Gasteiger partial charge in [-0.3, -0.25) is 0 Å². The van der Waals surface area contributed by atoms with Gasteiger partial charge in [0.2, 0.25) is 0 Å². The van der Waals surface area contributed by atoms with Gasteiger partial charge in [-0.15, -0.1) is 0 Å². The smallest absolute Gasteiger partial charge is 0.328 e. The molecule has 3 rings (SSSR count). The van der Waals surface area contributed by atoms with E-state index in [1.807, 2.05) is 72.8 Å². The van der Waals surface area contributed by atoms with Gasteiger partial charge >= 0.3 is 11.9 Å². The minimum absolute atomic E-state index is 0.813. The maximum atomic E-state index is 10.8. The van der Waals surface area contributed by atoms with E-state index in [2.05, 4.69) is 0 Å². The number of carboxylic acid groups (broad SMARTS) is 2. The number of carbonyl (C=O) groups is 2. The molecule has 0 aliphatic rings. The third-order valence-corrected chi connectivity index (χ3v) is 4.20. The van der Waals surface area contributed by atoms with E-state index in [9.17, 15) is 9.59 Å². The molecular weight excluding hydrogens is 352 g/mol. The molecule has 138 valence electrons. The van der Waals surface area contributed by atoms with Crippen LogP contribution in [0.3, 0.4) is 0 Å². The van der Waals surface area contributed by atoms with E-state index in [4.69, 9.17) is 10.2 Å². The minimum Gasteiger partial charge on any atom is -0.478 e. The van der Waals surface area contributed by atoms with Crippen molar-refractivity contribution in [2.75, 3.05) is 0 Å². The number of hydrogen-bond acceptors (Lipinski definition) is 2. The van der Waals surface area contributed by atoms with Crippen LogP contribution in [-0.4, -0.2) is 22.2 Å². The first-order valence-corrected chi connectivity index (χ1v) is 8.65. The molecule has 0 aliphatic heterocycles. The van der Waals surface area contributed by atoms with E-state index in [-0.39, 0.29) is 0 Å². The molecule has 0 heterocycles. The van der Waals surface area contributed by atoms with Crippen molar-refractivity contribution in [1.82, 2.24) is 0 Å². The first-order valence-electron chi connectivity index (χ1n) is 8.65. The van der Waals surface area contributed by atoms with Crippen LogP contribution in [-0.2, 0) is 9.59 Å². The summed E-state index contributed by atoms with van der Waals surface area (Å²) in [6.45, 7) is 0. The van der Waals surface area contributed by atoms with Crippen LogP contribution >= 0.6 is 0 Å². The Kier molecular flexibility index (Phi) is 5.82. The lowest BCUT2D eigenvalue weighted by Gasteiger charge is -2.08. The first kappa shape index (κ1) is 18.9. The maximum absolute atomic E-state index is 10.8. The van der Waals surface area contributed by atoms with Gasteiger partial charge in [-0.05, 0) is 51.6 Å². The minimum atomic E-state index is -0.984. The van der Waals surface area contributed by atoms with Gasteiger partial charge in [0.15, 0.2) is 0 Å². The van der Waals surface area contributed by atoms with E-state index in [1.165, 1.54) is 0 Å². The quantitative estimate of drug-likeness (QED) is 0.584. The average Bonchev–Trinajstić information content (AvgIpc) is 2.71. The summed E-state index contributed by atoms with van der Waals surface area (Å²) in [5.74, 6) is -1.97. The number of hydrogen-bond donors (Lipinski definition) is 2. The van der Waals surface area contributed by atoms with Gasteiger partial charge < -0.3 is 10.2 Å². The lowest BCUT2D eigenvalue weighted by Crippen LogP contribution is -1.88. The molecule has 28 heavy (non-hydrogen) atoms. The van der Waals surface area contributed by atoms with Crippen molar-refractivity contribution in [2.24, 2.45) is 0 Å². The molecule has 4 nitrogen and oxygen atoms in total. The number of aliphatic carboxylic acids is 2. The Morgan fingerprint density at radius 3 is 2.00 bits per heavy atom. The highest BCUT2D eigenvalue weighted by Gasteiger charge is 2.04. The molecule has 0 unspecified atom stereocenters. The van der Waals surface area contributed by atoms with Crippen molar-refractivity contribution >= 4 is 24.1 Å². The molecule has 0 aromatic heterocycles. The van der Waals surface area contributed by atoms with Crippen molar-refractivity contribution in [2.45, 2.75) is 0 Å². The lowest BCUT2D eigenvalue weighted by molar-refractivity contribution is -0.132. The topological polar surface area (TPSA) is 74.6 Å². The van der Waals surface area contributed by atoms with Crippen LogP contribution in [0.15, 0.2) is 84.9 Å². The molecule has 0 aliphatic carbocycles. The summed E-state index contributed by atoms with van der Waals surface area (Å²) in [7, 11) is 0. The Bertz CT molecular complexity index is 1060. The van der Waals surface area contributed by atoms with Gasteiger partial charge in [-0.2, -0.15) is 0 Å². The lowest BCUT2D eigenvalue weighted by atomic mass is 9.96. The second-order valence-electron chi connectivity index (χ2n) is 6.13. The van der Waals surface area contributed by atoms with Crippen LogP contribution in [0.2, 0.25) is 0 Å². The molecule has 2 N–H and O–H groups in total. The number of benzene rings is 3. The monoisotopic (exact) mass is 370 g/mol. The molecule has 0 fully saturated rings. The van der Waals surface area contributed by atoms with Crippen molar-refractivity contribution in [3.05, 3.63) is 96.1 Å². The summed E-state index contributed by atoms with van der Waals surface area (Å²) >= 11 is 0. The van der Waals surface area contributed by atoms with Crippen molar-refractivity contribution < 1.29 is 19.8 Å². The van der Waals surface area contributed by atoms with Crippen molar-refractivity contribution in [1.29, 1.82) is 0 Å². The average molecular weight is 370 g/mol.